The van der Waals surface area contributed by atoms with Crippen molar-refractivity contribution in [3.05, 3.63) is 88.7 Å². The predicted octanol–water partition coefficient (Wildman–Crippen LogP) is 6.54. The number of anilines is 1. The van der Waals surface area contributed by atoms with Gasteiger partial charge in [0.2, 0.25) is 0 Å². The maximum absolute atomic E-state index is 13.4. The molecule has 3 rings (SSSR count). The Morgan fingerprint density at radius 2 is 1.57 bits per heavy atom. The molecule has 0 radical (unpaired) electrons. The number of halogens is 5. The molecule has 3 aromatic carbocycles. The second kappa shape index (κ2) is 7.90. The van der Waals surface area contributed by atoms with E-state index < -0.39 is 29.2 Å². The summed E-state index contributed by atoms with van der Waals surface area (Å²) in [5.74, 6) is -1.44. The molecule has 0 saturated carbocycles. The van der Waals surface area contributed by atoms with E-state index in [0.717, 1.165) is 24.3 Å². The highest BCUT2D eigenvalue weighted by molar-refractivity contribution is 6.30. The summed E-state index contributed by atoms with van der Waals surface area (Å²) >= 11 is 5.75. The summed E-state index contributed by atoms with van der Waals surface area (Å²) in [5, 5.41) is 2.77. The van der Waals surface area contributed by atoms with Gasteiger partial charge in [-0.05, 0) is 66.7 Å². The first-order valence-corrected chi connectivity index (χ1v) is 8.32. The number of alkyl halides is 3. The first-order valence-electron chi connectivity index (χ1n) is 7.94. The van der Waals surface area contributed by atoms with Crippen molar-refractivity contribution in [3.8, 4) is 11.5 Å². The van der Waals surface area contributed by atoms with Crippen molar-refractivity contribution < 1.29 is 27.1 Å². The Morgan fingerprint density at radius 1 is 0.929 bits per heavy atom. The van der Waals surface area contributed by atoms with E-state index in [9.17, 15) is 22.4 Å². The number of carbonyl (C=O) groups excluding carboxylic acids is 1. The summed E-state index contributed by atoms with van der Waals surface area (Å²) < 4.78 is 58.6. The Kier molecular flexibility index (Phi) is 5.56. The van der Waals surface area contributed by atoms with E-state index in [2.05, 4.69) is 5.32 Å². The highest BCUT2D eigenvalue weighted by atomic mass is 35.5. The van der Waals surface area contributed by atoms with Crippen LogP contribution in [0.25, 0.3) is 0 Å². The maximum Gasteiger partial charge on any atom is 0.420 e. The minimum absolute atomic E-state index is 0.0786. The zero-order chi connectivity index (χ0) is 20.3. The van der Waals surface area contributed by atoms with Crippen LogP contribution in [0.2, 0.25) is 5.02 Å². The van der Waals surface area contributed by atoms with E-state index in [1.165, 1.54) is 42.5 Å². The molecular weight excluding hydrogens is 398 g/mol. The summed E-state index contributed by atoms with van der Waals surface area (Å²) in [6.45, 7) is 0. The summed E-state index contributed by atoms with van der Waals surface area (Å²) in [4.78, 5) is 12.1. The molecule has 0 saturated heterocycles. The third-order valence-corrected chi connectivity index (χ3v) is 3.94. The number of ether oxygens (including phenoxy) is 1. The van der Waals surface area contributed by atoms with Crippen molar-refractivity contribution in [3.63, 3.8) is 0 Å². The van der Waals surface area contributed by atoms with Gasteiger partial charge < -0.3 is 10.1 Å². The van der Waals surface area contributed by atoms with E-state index >= 15 is 0 Å². The number of hydrogen-bond donors (Lipinski definition) is 1. The molecule has 0 fully saturated rings. The number of nitrogens with one attached hydrogen (secondary N) is 1. The number of benzene rings is 3. The Labute approximate surface area is 162 Å². The van der Waals surface area contributed by atoms with Gasteiger partial charge in [-0.1, -0.05) is 11.6 Å². The van der Waals surface area contributed by atoms with E-state index in [-0.39, 0.29) is 17.0 Å². The van der Waals surface area contributed by atoms with Crippen LogP contribution in [0.5, 0.6) is 11.5 Å². The molecule has 28 heavy (non-hydrogen) atoms. The highest BCUT2D eigenvalue weighted by Crippen LogP contribution is 2.39. The molecule has 0 spiro atoms. The Morgan fingerprint density at radius 3 is 2.18 bits per heavy atom. The average Bonchev–Trinajstić information content (AvgIpc) is 2.64. The van der Waals surface area contributed by atoms with Gasteiger partial charge in [0, 0.05) is 16.3 Å². The fraction of sp³-hybridized carbons (Fsp3) is 0.0500. The van der Waals surface area contributed by atoms with Gasteiger partial charge in [-0.3, -0.25) is 4.79 Å². The maximum atomic E-state index is 13.4. The average molecular weight is 410 g/mol. The monoisotopic (exact) mass is 409 g/mol. The van der Waals surface area contributed by atoms with Crippen LogP contribution >= 0.6 is 11.6 Å². The summed E-state index contributed by atoms with van der Waals surface area (Å²) in [6.07, 6.45) is -4.71. The number of carbonyl (C=O) groups is 1. The largest absolute Gasteiger partial charge is 0.457 e. The molecule has 3 aromatic rings. The van der Waals surface area contributed by atoms with Crippen molar-refractivity contribution in [1.29, 1.82) is 0 Å². The van der Waals surface area contributed by atoms with E-state index in [1.54, 1.807) is 0 Å². The Bertz CT molecular complexity index is 987. The lowest BCUT2D eigenvalue weighted by Gasteiger charge is -2.15. The molecule has 0 aromatic heterocycles. The lowest BCUT2D eigenvalue weighted by molar-refractivity contribution is -0.138. The second-order valence-electron chi connectivity index (χ2n) is 5.73. The van der Waals surface area contributed by atoms with Crippen LogP contribution in [0.3, 0.4) is 0 Å². The summed E-state index contributed by atoms with van der Waals surface area (Å²) in [5.41, 5.74) is -1.03. The first-order chi connectivity index (χ1) is 13.2. The molecule has 144 valence electrons. The van der Waals surface area contributed by atoms with Crippen LogP contribution in [-0.2, 0) is 6.18 Å². The molecule has 0 heterocycles. The van der Waals surface area contributed by atoms with Gasteiger partial charge in [-0.25, -0.2) is 4.39 Å². The molecule has 0 aliphatic heterocycles. The van der Waals surface area contributed by atoms with E-state index in [4.69, 9.17) is 16.3 Å². The standard InChI is InChI=1S/C20H12ClF4NO2/c21-13-3-8-16(9-4-13)28-18-10-7-15(11-17(18)20(23,24)25)26-19(27)12-1-5-14(22)6-2-12/h1-11H,(H,26,27). The van der Waals surface area contributed by atoms with Crippen LogP contribution in [0.15, 0.2) is 66.7 Å². The Hall–Kier alpha value is -3.06. The first kappa shape index (κ1) is 19.7. The summed E-state index contributed by atoms with van der Waals surface area (Å²) in [7, 11) is 0. The SMILES string of the molecule is O=C(Nc1ccc(Oc2ccc(Cl)cc2)c(C(F)(F)F)c1)c1ccc(F)cc1. The van der Waals surface area contributed by atoms with Crippen molar-refractivity contribution in [1.82, 2.24) is 0 Å². The lowest BCUT2D eigenvalue weighted by Crippen LogP contribution is -2.13. The second-order valence-corrected chi connectivity index (χ2v) is 6.16. The Balaban J connectivity index is 1.86. The van der Waals surface area contributed by atoms with Crippen molar-refractivity contribution >= 4 is 23.2 Å². The van der Waals surface area contributed by atoms with Gasteiger partial charge in [0.25, 0.3) is 5.91 Å². The van der Waals surface area contributed by atoms with Crippen LogP contribution in [0, 0.1) is 5.82 Å². The van der Waals surface area contributed by atoms with Gasteiger partial charge in [0.05, 0.1) is 0 Å². The molecule has 0 unspecified atom stereocenters. The van der Waals surface area contributed by atoms with Crippen LogP contribution in [0.4, 0.5) is 23.2 Å². The topological polar surface area (TPSA) is 38.3 Å². The van der Waals surface area contributed by atoms with Crippen molar-refractivity contribution in [2.75, 3.05) is 5.32 Å². The third-order valence-electron chi connectivity index (χ3n) is 3.69. The number of hydrogen-bond acceptors (Lipinski definition) is 2. The molecule has 0 atom stereocenters. The van der Waals surface area contributed by atoms with Crippen LogP contribution < -0.4 is 10.1 Å². The fourth-order valence-electron chi connectivity index (χ4n) is 2.35. The minimum atomic E-state index is -4.71. The van der Waals surface area contributed by atoms with Crippen molar-refractivity contribution in [2.24, 2.45) is 0 Å². The smallest absolute Gasteiger partial charge is 0.420 e. The molecular formula is C20H12ClF4NO2. The predicted molar refractivity (Wildman–Crippen MR) is 97.3 cm³/mol. The minimum Gasteiger partial charge on any atom is -0.457 e. The quantitative estimate of drug-likeness (QED) is 0.497. The lowest BCUT2D eigenvalue weighted by atomic mass is 10.1. The van der Waals surface area contributed by atoms with E-state index in [1.807, 2.05) is 0 Å². The molecule has 3 nitrogen and oxygen atoms in total. The van der Waals surface area contributed by atoms with Gasteiger partial charge in [-0.15, -0.1) is 0 Å². The zero-order valence-electron chi connectivity index (χ0n) is 14.1. The normalized spacial score (nSPS) is 11.2. The number of amides is 1. The highest BCUT2D eigenvalue weighted by Gasteiger charge is 2.35. The zero-order valence-corrected chi connectivity index (χ0v) is 14.8. The molecule has 1 N–H and O–H groups in total. The molecule has 0 aliphatic rings. The van der Waals surface area contributed by atoms with Crippen LogP contribution in [-0.4, -0.2) is 5.91 Å². The molecule has 8 heteroatoms. The number of rotatable bonds is 4. The molecule has 1 amide bonds. The molecule has 0 bridgehead atoms. The van der Waals surface area contributed by atoms with Gasteiger partial charge in [0.15, 0.2) is 0 Å². The molecule has 0 aliphatic carbocycles. The van der Waals surface area contributed by atoms with Gasteiger partial charge >= 0.3 is 6.18 Å². The van der Waals surface area contributed by atoms with Gasteiger partial charge in [0.1, 0.15) is 22.9 Å². The third kappa shape index (κ3) is 4.80. The van der Waals surface area contributed by atoms with Crippen molar-refractivity contribution in [2.45, 2.75) is 6.18 Å². The summed E-state index contributed by atoms with van der Waals surface area (Å²) in [6, 6.07) is 13.6. The van der Waals surface area contributed by atoms with E-state index in [0.29, 0.717) is 5.02 Å². The van der Waals surface area contributed by atoms with Gasteiger partial charge in [-0.2, -0.15) is 13.2 Å². The van der Waals surface area contributed by atoms with Crippen LogP contribution in [0.1, 0.15) is 15.9 Å². The fourth-order valence-corrected chi connectivity index (χ4v) is 2.48.